The van der Waals surface area contributed by atoms with Gasteiger partial charge in [-0.3, -0.25) is 9.59 Å². The summed E-state index contributed by atoms with van der Waals surface area (Å²) in [4.78, 5) is 33.8. The number of nitrogens with zero attached hydrogens (tertiary/aromatic N) is 5. The van der Waals surface area contributed by atoms with Gasteiger partial charge in [-0.15, -0.1) is 0 Å². The van der Waals surface area contributed by atoms with Crippen LogP contribution in [0.1, 0.15) is 43.4 Å². The van der Waals surface area contributed by atoms with E-state index in [1.165, 1.54) is 4.68 Å². The Bertz CT molecular complexity index is 1930. The molecule has 6 rings (SSSR count). The number of carbonyl (C=O) groups excluding carboxylic acids is 1. The molecule has 1 aliphatic heterocycles. The highest BCUT2D eigenvalue weighted by Gasteiger charge is 2.20. The van der Waals surface area contributed by atoms with Crippen LogP contribution in [-0.4, -0.2) is 64.2 Å². The van der Waals surface area contributed by atoms with Crippen molar-refractivity contribution >= 4 is 33.9 Å². The molecule has 1 amide bonds. The van der Waals surface area contributed by atoms with Crippen molar-refractivity contribution in [3.63, 3.8) is 0 Å². The number of morpholine rings is 1. The third kappa shape index (κ3) is 5.63. The van der Waals surface area contributed by atoms with Gasteiger partial charge in [-0.2, -0.15) is 9.78 Å². The van der Waals surface area contributed by atoms with Gasteiger partial charge < -0.3 is 18.9 Å². The van der Waals surface area contributed by atoms with Gasteiger partial charge in [-0.05, 0) is 61.2 Å². The van der Waals surface area contributed by atoms with Crippen LogP contribution < -0.4 is 10.3 Å². The van der Waals surface area contributed by atoms with Gasteiger partial charge in [0.15, 0.2) is 5.82 Å². The molecule has 2 aromatic heterocycles. The number of carbonyl (C=O) groups is 1. The van der Waals surface area contributed by atoms with Crippen LogP contribution in [-0.2, 0) is 16.1 Å². The molecule has 0 bridgehead atoms. The number of benzene rings is 3. The van der Waals surface area contributed by atoms with E-state index >= 15 is 0 Å². The van der Waals surface area contributed by atoms with Crippen molar-refractivity contribution < 1.29 is 14.3 Å². The first-order valence-corrected chi connectivity index (χ1v) is 15.1. The predicted molar refractivity (Wildman–Crippen MR) is 174 cm³/mol. The van der Waals surface area contributed by atoms with Gasteiger partial charge in [0.25, 0.3) is 5.56 Å². The van der Waals surface area contributed by atoms with E-state index in [1.54, 1.807) is 12.3 Å². The van der Waals surface area contributed by atoms with Crippen LogP contribution in [0.2, 0.25) is 0 Å². The van der Waals surface area contributed by atoms with Gasteiger partial charge >= 0.3 is 0 Å². The highest BCUT2D eigenvalue weighted by atomic mass is 16.5. The monoisotopic (exact) mass is 591 g/mol. The Kier molecular flexibility index (Phi) is 8.30. The van der Waals surface area contributed by atoms with E-state index in [9.17, 15) is 9.59 Å². The summed E-state index contributed by atoms with van der Waals surface area (Å²) in [6.07, 6.45) is 3.61. The summed E-state index contributed by atoms with van der Waals surface area (Å²) < 4.78 is 14.7. The Hall–Kier alpha value is -4.76. The minimum atomic E-state index is -0.257. The Morgan fingerprint density at radius 1 is 1.07 bits per heavy atom. The second kappa shape index (κ2) is 12.5. The second-order valence-corrected chi connectivity index (χ2v) is 11.3. The first-order valence-electron chi connectivity index (χ1n) is 15.1. The SMILES string of the molecule is CCOc1cc(C)c(-c2nc3ccccc3c(=O)n2N=Cc2cn(CC(=O)N3CCOCC3)c3ccccc23)cc1C(C)C. The maximum atomic E-state index is 14.0. The van der Waals surface area contributed by atoms with Crippen LogP contribution in [0.15, 0.2) is 76.8 Å². The quantitative estimate of drug-likeness (QED) is 0.220. The number of hydrogen-bond donors (Lipinski definition) is 0. The van der Waals surface area contributed by atoms with Crippen molar-refractivity contribution in [2.75, 3.05) is 32.9 Å². The van der Waals surface area contributed by atoms with E-state index in [1.807, 2.05) is 78.0 Å². The summed E-state index contributed by atoms with van der Waals surface area (Å²) in [5.74, 6) is 1.54. The maximum absolute atomic E-state index is 14.0. The average molecular weight is 592 g/mol. The molecule has 3 aromatic carbocycles. The van der Waals surface area contributed by atoms with Gasteiger partial charge in [-0.1, -0.05) is 44.2 Å². The molecule has 44 heavy (non-hydrogen) atoms. The van der Waals surface area contributed by atoms with Crippen molar-refractivity contribution in [2.45, 2.75) is 40.2 Å². The summed E-state index contributed by atoms with van der Waals surface area (Å²) in [7, 11) is 0. The van der Waals surface area contributed by atoms with E-state index in [4.69, 9.17) is 19.6 Å². The lowest BCUT2D eigenvalue weighted by Gasteiger charge is -2.27. The van der Waals surface area contributed by atoms with Gasteiger partial charge in [0.05, 0.1) is 36.9 Å². The zero-order chi connectivity index (χ0) is 30.8. The molecule has 0 radical (unpaired) electrons. The van der Waals surface area contributed by atoms with E-state index in [0.29, 0.717) is 49.6 Å². The molecule has 0 aliphatic carbocycles. The normalized spacial score (nSPS) is 13.9. The molecular formula is C35H37N5O4. The number of para-hydroxylation sites is 2. The molecule has 0 unspecified atom stereocenters. The Morgan fingerprint density at radius 2 is 1.80 bits per heavy atom. The molecule has 9 nitrogen and oxygen atoms in total. The zero-order valence-electron chi connectivity index (χ0n) is 25.6. The predicted octanol–water partition coefficient (Wildman–Crippen LogP) is 5.59. The summed E-state index contributed by atoms with van der Waals surface area (Å²) in [6, 6.07) is 19.3. The third-order valence-electron chi connectivity index (χ3n) is 8.07. The van der Waals surface area contributed by atoms with Crippen molar-refractivity contribution in [3.8, 4) is 17.1 Å². The zero-order valence-corrected chi connectivity index (χ0v) is 25.6. The van der Waals surface area contributed by atoms with Crippen LogP contribution >= 0.6 is 0 Å². The van der Waals surface area contributed by atoms with E-state index in [0.717, 1.165) is 38.9 Å². The Balaban J connectivity index is 1.47. The Morgan fingerprint density at radius 3 is 2.55 bits per heavy atom. The van der Waals surface area contributed by atoms with E-state index < -0.39 is 0 Å². The lowest BCUT2D eigenvalue weighted by Crippen LogP contribution is -2.42. The molecule has 9 heteroatoms. The van der Waals surface area contributed by atoms with Gasteiger partial charge in [0.2, 0.25) is 5.91 Å². The topological polar surface area (TPSA) is 90.9 Å². The van der Waals surface area contributed by atoms with Crippen LogP contribution in [0, 0.1) is 6.92 Å². The molecule has 1 fully saturated rings. The molecule has 1 saturated heterocycles. The minimum absolute atomic E-state index is 0.0432. The van der Waals surface area contributed by atoms with E-state index in [2.05, 4.69) is 19.9 Å². The van der Waals surface area contributed by atoms with Gasteiger partial charge in [0.1, 0.15) is 12.3 Å². The van der Waals surface area contributed by atoms with Crippen LogP contribution in [0.3, 0.4) is 0 Å². The second-order valence-electron chi connectivity index (χ2n) is 11.3. The first kappa shape index (κ1) is 29.3. The lowest BCUT2D eigenvalue weighted by molar-refractivity contribution is -0.135. The van der Waals surface area contributed by atoms with Crippen molar-refractivity contribution in [1.82, 2.24) is 19.1 Å². The average Bonchev–Trinajstić information content (AvgIpc) is 3.38. The molecule has 3 heterocycles. The molecule has 0 saturated carbocycles. The van der Waals surface area contributed by atoms with Crippen LogP contribution in [0.5, 0.6) is 5.75 Å². The smallest absolute Gasteiger partial charge is 0.282 e. The summed E-state index contributed by atoms with van der Waals surface area (Å²) in [5, 5.41) is 6.19. The number of aryl methyl sites for hydroxylation is 1. The number of amides is 1. The van der Waals surface area contributed by atoms with E-state index in [-0.39, 0.29) is 23.9 Å². The number of hydrogen-bond acceptors (Lipinski definition) is 6. The number of rotatable bonds is 8. The van der Waals surface area contributed by atoms with Gasteiger partial charge in [0, 0.05) is 41.3 Å². The standard InChI is InChI=1S/C35H37N5O4/c1-5-44-32-18-24(4)29(19-28(32)23(2)3)34-37-30-12-8-6-11-27(30)35(42)40(34)36-20-25-21-39(31-13-9-7-10-26(25)31)22-33(41)38-14-16-43-17-15-38/h6-13,18-21,23H,5,14-17,22H2,1-4H3. The Labute approximate surface area is 256 Å². The summed E-state index contributed by atoms with van der Waals surface area (Å²) in [6.45, 7) is 11.3. The molecule has 0 N–H and O–H groups in total. The molecule has 0 atom stereocenters. The van der Waals surface area contributed by atoms with Crippen molar-refractivity contribution in [2.24, 2.45) is 5.10 Å². The lowest BCUT2D eigenvalue weighted by atomic mass is 9.96. The molecule has 226 valence electrons. The minimum Gasteiger partial charge on any atom is -0.494 e. The summed E-state index contributed by atoms with van der Waals surface area (Å²) >= 11 is 0. The fraction of sp³-hybridized carbons (Fsp3) is 0.314. The molecule has 0 spiro atoms. The molecule has 5 aromatic rings. The van der Waals surface area contributed by atoms with Crippen LogP contribution in [0.25, 0.3) is 33.2 Å². The number of aromatic nitrogens is 3. The number of ether oxygens (including phenoxy) is 2. The largest absolute Gasteiger partial charge is 0.494 e. The fourth-order valence-corrected chi connectivity index (χ4v) is 5.76. The van der Waals surface area contributed by atoms with Crippen molar-refractivity contribution in [1.29, 1.82) is 0 Å². The highest BCUT2D eigenvalue weighted by Crippen LogP contribution is 2.34. The summed E-state index contributed by atoms with van der Waals surface area (Å²) in [5.41, 5.74) is 4.86. The molecule has 1 aliphatic rings. The van der Waals surface area contributed by atoms with Crippen molar-refractivity contribution in [3.05, 3.63) is 93.9 Å². The first-order chi connectivity index (χ1) is 21.4. The fourth-order valence-electron chi connectivity index (χ4n) is 5.76. The van der Waals surface area contributed by atoms with Crippen LogP contribution in [0.4, 0.5) is 0 Å². The third-order valence-corrected chi connectivity index (χ3v) is 8.07. The number of fused-ring (bicyclic) bond motifs is 2. The highest BCUT2D eigenvalue weighted by molar-refractivity contribution is 6.00. The molecular weight excluding hydrogens is 554 g/mol. The maximum Gasteiger partial charge on any atom is 0.282 e. The van der Waals surface area contributed by atoms with Gasteiger partial charge in [-0.25, -0.2) is 4.98 Å².